The highest BCUT2D eigenvalue weighted by Crippen LogP contribution is 2.60. The van der Waals surface area contributed by atoms with E-state index in [0.29, 0.717) is 24.8 Å². The van der Waals surface area contributed by atoms with Gasteiger partial charge in [0.2, 0.25) is 0 Å². The summed E-state index contributed by atoms with van der Waals surface area (Å²) < 4.78 is 67.6. The Morgan fingerprint density at radius 1 is 1.05 bits per heavy atom. The molecule has 204 valence electrons. The molecule has 1 aliphatic heterocycles. The highest BCUT2D eigenvalue weighted by molar-refractivity contribution is 5.97. The Kier molecular flexibility index (Phi) is 6.30. The van der Waals surface area contributed by atoms with Crippen molar-refractivity contribution in [3.63, 3.8) is 0 Å². The van der Waals surface area contributed by atoms with Gasteiger partial charge in [0.05, 0.1) is 12.2 Å². The van der Waals surface area contributed by atoms with Gasteiger partial charge in [-0.25, -0.2) is 22.4 Å². The van der Waals surface area contributed by atoms with Gasteiger partial charge in [0.25, 0.3) is 5.91 Å². The molecule has 1 heterocycles. The lowest BCUT2D eigenvalue weighted by molar-refractivity contribution is -0.158. The summed E-state index contributed by atoms with van der Waals surface area (Å²) in [4.78, 5) is 25.8. The largest absolute Gasteiger partial charge is 0.493 e. The molecule has 3 saturated carbocycles. The first kappa shape index (κ1) is 26.3. The Balaban J connectivity index is 1.39. The summed E-state index contributed by atoms with van der Waals surface area (Å²) in [6.45, 7) is 3.31. The number of carbonyl (C=O) groups is 2. The molecule has 9 heteroatoms. The zero-order valence-electron chi connectivity index (χ0n) is 21.4. The van der Waals surface area contributed by atoms with Crippen molar-refractivity contribution in [3.05, 3.63) is 29.1 Å². The van der Waals surface area contributed by atoms with Gasteiger partial charge in [-0.15, -0.1) is 0 Å². The number of hydrogen-bond acceptors (Lipinski definition) is 3. The maximum Gasteiger partial charge on any atom is 0.326 e. The molecular formula is C28H35F4NO4. The number of carboxylic acids is 1. The van der Waals surface area contributed by atoms with Gasteiger partial charge in [-0.1, -0.05) is 6.92 Å². The maximum absolute atomic E-state index is 15.7. The molecule has 1 saturated heterocycles. The van der Waals surface area contributed by atoms with Crippen molar-refractivity contribution >= 4 is 11.9 Å². The Morgan fingerprint density at radius 2 is 1.70 bits per heavy atom. The van der Waals surface area contributed by atoms with Crippen LogP contribution in [0.3, 0.4) is 0 Å². The molecule has 5 rings (SSSR count). The van der Waals surface area contributed by atoms with E-state index in [1.165, 1.54) is 17.9 Å². The molecule has 1 aromatic carbocycles. The van der Waals surface area contributed by atoms with Crippen LogP contribution in [-0.2, 0) is 4.79 Å². The van der Waals surface area contributed by atoms with Crippen LogP contribution >= 0.6 is 0 Å². The van der Waals surface area contributed by atoms with Gasteiger partial charge in [-0.05, 0) is 69.4 Å². The highest BCUT2D eigenvalue weighted by Gasteiger charge is 2.62. The van der Waals surface area contributed by atoms with Crippen LogP contribution in [0.4, 0.5) is 17.6 Å². The highest BCUT2D eigenvalue weighted by atomic mass is 19.2. The van der Waals surface area contributed by atoms with Crippen molar-refractivity contribution in [2.24, 2.45) is 5.41 Å². The van der Waals surface area contributed by atoms with Crippen molar-refractivity contribution in [1.82, 2.24) is 4.90 Å². The second-order valence-corrected chi connectivity index (χ2v) is 12.4. The number of aliphatic carboxylic acids is 1. The average Bonchev–Trinajstić information content (AvgIpc) is 3.49. The van der Waals surface area contributed by atoms with E-state index >= 15 is 13.2 Å². The van der Waals surface area contributed by atoms with Gasteiger partial charge in [-0.3, -0.25) is 4.79 Å². The van der Waals surface area contributed by atoms with Crippen LogP contribution in [-0.4, -0.2) is 58.1 Å². The van der Waals surface area contributed by atoms with Gasteiger partial charge < -0.3 is 14.7 Å². The SMILES string of the molecule is CCC1(COc2cc(F)c(C(=O)N3CCC[C@H]3C(=O)O)cc2C2CC2)CC2(F)CC(C)(F)CC(F)(C2)C1. The summed E-state index contributed by atoms with van der Waals surface area (Å²) in [5.74, 6) is -2.27. The first-order valence-electron chi connectivity index (χ1n) is 13.3. The van der Waals surface area contributed by atoms with Crippen LogP contribution in [0.25, 0.3) is 0 Å². The second-order valence-electron chi connectivity index (χ2n) is 12.4. The molecule has 0 aromatic heterocycles. The van der Waals surface area contributed by atoms with Crippen LogP contribution < -0.4 is 4.74 Å². The molecule has 2 bridgehead atoms. The second kappa shape index (κ2) is 8.87. The summed E-state index contributed by atoms with van der Waals surface area (Å²) >= 11 is 0. The predicted octanol–water partition coefficient (Wildman–Crippen LogP) is 6.29. The number of fused-ring (bicyclic) bond motifs is 2. The first-order valence-corrected chi connectivity index (χ1v) is 13.3. The van der Waals surface area contributed by atoms with Crippen molar-refractivity contribution in [1.29, 1.82) is 0 Å². The van der Waals surface area contributed by atoms with Crippen LogP contribution in [0, 0.1) is 11.2 Å². The molecule has 1 amide bonds. The molecule has 4 aliphatic rings. The van der Waals surface area contributed by atoms with E-state index in [0.717, 1.165) is 18.9 Å². The molecule has 0 radical (unpaired) electrons. The molecule has 1 aromatic rings. The molecule has 5 nitrogen and oxygen atoms in total. The summed E-state index contributed by atoms with van der Waals surface area (Å²) in [7, 11) is 0. The van der Waals surface area contributed by atoms with Gasteiger partial charge >= 0.3 is 5.97 Å². The minimum Gasteiger partial charge on any atom is -0.493 e. The van der Waals surface area contributed by atoms with E-state index in [1.54, 1.807) is 0 Å². The van der Waals surface area contributed by atoms with E-state index in [-0.39, 0.29) is 62.5 Å². The number of alkyl halides is 3. The number of hydrogen-bond donors (Lipinski definition) is 1. The average molecular weight is 526 g/mol. The van der Waals surface area contributed by atoms with E-state index in [9.17, 15) is 19.1 Å². The Bertz CT molecular complexity index is 1080. The number of nitrogens with zero attached hydrogens (tertiary/aromatic N) is 1. The standard InChI is InChI=1S/C28H35F4NO4/c1-3-26(13-27(31)11-25(2,30)12-28(32,14-26)15-27)16-37-22-10-20(29)19(9-18(22)17-6-7-17)23(34)33-8-4-5-21(33)24(35)36/h9-10,17,21H,3-8,11-16H2,1-2H3,(H,35,36)/t21-,25?,26?,27?,28?/m0/s1. The lowest BCUT2D eigenvalue weighted by Crippen LogP contribution is -2.59. The number of rotatable bonds is 7. The topological polar surface area (TPSA) is 66.8 Å². The molecule has 37 heavy (non-hydrogen) atoms. The molecule has 3 atom stereocenters. The lowest BCUT2D eigenvalue weighted by atomic mass is 9.55. The number of halogens is 4. The third-order valence-electron chi connectivity index (χ3n) is 8.82. The number of carboxylic acid groups (broad SMARTS) is 1. The summed E-state index contributed by atoms with van der Waals surface area (Å²) in [6, 6.07) is 1.63. The number of carbonyl (C=O) groups excluding carboxylic acids is 1. The van der Waals surface area contributed by atoms with E-state index in [1.807, 2.05) is 6.92 Å². The minimum absolute atomic E-state index is 0.0228. The first-order chi connectivity index (χ1) is 17.3. The molecule has 1 N–H and O–H groups in total. The number of amides is 1. The Morgan fingerprint density at radius 3 is 2.27 bits per heavy atom. The molecular weight excluding hydrogens is 490 g/mol. The molecule has 0 spiro atoms. The van der Waals surface area contributed by atoms with E-state index in [4.69, 9.17) is 4.74 Å². The van der Waals surface area contributed by atoms with Crippen LogP contribution in [0.2, 0.25) is 0 Å². The van der Waals surface area contributed by atoms with Crippen molar-refractivity contribution in [3.8, 4) is 5.75 Å². The number of likely N-dealkylation sites (tertiary alicyclic amines) is 1. The quantitative estimate of drug-likeness (QED) is 0.425. The predicted molar refractivity (Wildman–Crippen MR) is 129 cm³/mol. The minimum atomic E-state index is -1.97. The molecule has 4 fully saturated rings. The lowest BCUT2D eigenvalue weighted by Gasteiger charge is -2.55. The number of benzene rings is 1. The number of ether oxygens (including phenoxy) is 1. The zero-order valence-corrected chi connectivity index (χ0v) is 21.4. The third kappa shape index (κ3) is 5.07. The Hall–Kier alpha value is -2.32. The van der Waals surface area contributed by atoms with Crippen molar-refractivity contribution < 1.29 is 37.0 Å². The van der Waals surface area contributed by atoms with Crippen LogP contribution in [0.1, 0.15) is 99.9 Å². The van der Waals surface area contributed by atoms with Crippen LogP contribution in [0.15, 0.2) is 12.1 Å². The van der Waals surface area contributed by atoms with Crippen molar-refractivity contribution in [2.75, 3.05) is 13.2 Å². The monoisotopic (exact) mass is 525 g/mol. The van der Waals surface area contributed by atoms with Gasteiger partial charge in [0, 0.05) is 37.3 Å². The smallest absolute Gasteiger partial charge is 0.326 e. The van der Waals surface area contributed by atoms with E-state index in [2.05, 4.69) is 0 Å². The third-order valence-corrected chi connectivity index (χ3v) is 8.82. The fraction of sp³-hybridized carbons (Fsp3) is 0.714. The van der Waals surface area contributed by atoms with Gasteiger partial charge in [0.1, 0.15) is 34.6 Å². The van der Waals surface area contributed by atoms with Gasteiger partial charge in [0.15, 0.2) is 0 Å². The summed E-state index contributed by atoms with van der Waals surface area (Å²) in [5.41, 5.74) is -6.24. The summed E-state index contributed by atoms with van der Waals surface area (Å²) in [5, 5.41) is 9.43. The van der Waals surface area contributed by atoms with Gasteiger partial charge in [-0.2, -0.15) is 0 Å². The fourth-order valence-corrected chi connectivity index (χ4v) is 7.41. The Labute approximate surface area is 214 Å². The maximum atomic E-state index is 15.7. The molecule has 2 unspecified atom stereocenters. The fourth-order valence-electron chi connectivity index (χ4n) is 7.41. The normalized spacial score (nSPS) is 37.5. The zero-order chi connectivity index (χ0) is 26.8. The summed E-state index contributed by atoms with van der Waals surface area (Å²) in [6.07, 6.45) is 1.92. The van der Waals surface area contributed by atoms with Crippen molar-refractivity contribution in [2.45, 2.75) is 107 Å². The van der Waals surface area contributed by atoms with Crippen LogP contribution in [0.5, 0.6) is 5.75 Å². The molecule has 3 aliphatic carbocycles. The van der Waals surface area contributed by atoms with E-state index < -0.39 is 46.2 Å².